The Labute approximate surface area is 189 Å². The lowest BCUT2D eigenvalue weighted by Gasteiger charge is -2.12. The first-order valence-electron chi connectivity index (χ1n) is 9.72. The molecular formula is C22H29IN4O2. The van der Waals surface area contributed by atoms with Crippen LogP contribution in [-0.4, -0.2) is 38.1 Å². The Morgan fingerprint density at radius 3 is 2.41 bits per heavy atom. The van der Waals surface area contributed by atoms with Crippen LogP contribution in [0.4, 0.5) is 0 Å². The molecule has 0 aromatic heterocycles. The van der Waals surface area contributed by atoms with E-state index in [0.717, 1.165) is 38.3 Å². The second-order valence-electron chi connectivity index (χ2n) is 6.86. The maximum absolute atomic E-state index is 11.6. The zero-order valence-corrected chi connectivity index (χ0v) is 19.0. The third-order valence-electron chi connectivity index (χ3n) is 4.47. The standard InChI is InChI=1S/C22H28N4O2.HI/c1-23-22(25-15-18-5-3-2-4-6-18)24-14-13-17-7-11-20(12-8-17)28-16-21(27)26-19-9-10-19;/h2-8,11-12,19H,9-10,13-16H2,1H3,(H,26,27)(H2,23,24,25);1H. The van der Waals surface area contributed by atoms with Gasteiger partial charge < -0.3 is 20.7 Å². The van der Waals surface area contributed by atoms with E-state index in [1.54, 1.807) is 7.05 Å². The van der Waals surface area contributed by atoms with Crippen LogP contribution in [0.3, 0.4) is 0 Å². The number of rotatable bonds is 9. The van der Waals surface area contributed by atoms with E-state index < -0.39 is 0 Å². The summed E-state index contributed by atoms with van der Waals surface area (Å²) in [6, 6.07) is 18.5. The third kappa shape index (κ3) is 8.72. The molecule has 7 heteroatoms. The molecule has 0 spiro atoms. The molecule has 0 saturated heterocycles. The van der Waals surface area contributed by atoms with Crippen molar-refractivity contribution in [1.82, 2.24) is 16.0 Å². The lowest BCUT2D eigenvalue weighted by atomic mass is 10.1. The fourth-order valence-corrected chi connectivity index (χ4v) is 2.73. The Morgan fingerprint density at radius 2 is 1.76 bits per heavy atom. The van der Waals surface area contributed by atoms with Crippen molar-refractivity contribution >= 4 is 35.8 Å². The van der Waals surface area contributed by atoms with Gasteiger partial charge >= 0.3 is 0 Å². The summed E-state index contributed by atoms with van der Waals surface area (Å²) in [7, 11) is 1.77. The SMILES string of the molecule is CN=C(NCCc1ccc(OCC(=O)NC2CC2)cc1)NCc1ccccc1.I. The van der Waals surface area contributed by atoms with Gasteiger partial charge in [0.15, 0.2) is 12.6 Å². The first-order valence-corrected chi connectivity index (χ1v) is 9.72. The molecule has 0 radical (unpaired) electrons. The number of aliphatic imine (C=N–C) groups is 1. The van der Waals surface area contributed by atoms with Gasteiger partial charge in [0.25, 0.3) is 5.91 Å². The highest BCUT2D eigenvalue weighted by Crippen LogP contribution is 2.18. The monoisotopic (exact) mass is 508 g/mol. The van der Waals surface area contributed by atoms with Crippen molar-refractivity contribution in [3.63, 3.8) is 0 Å². The number of amides is 1. The van der Waals surface area contributed by atoms with Crippen LogP contribution in [0.15, 0.2) is 59.6 Å². The maximum atomic E-state index is 11.6. The third-order valence-corrected chi connectivity index (χ3v) is 4.47. The van der Waals surface area contributed by atoms with Crippen LogP contribution in [0.2, 0.25) is 0 Å². The molecule has 2 aromatic rings. The predicted molar refractivity (Wildman–Crippen MR) is 127 cm³/mol. The molecule has 29 heavy (non-hydrogen) atoms. The number of hydrogen-bond donors (Lipinski definition) is 3. The summed E-state index contributed by atoms with van der Waals surface area (Å²) >= 11 is 0. The fourth-order valence-electron chi connectivity index (χ4n) is 2.73. The zero-order chi connectivity index (χ0) is 19.6. The summed E-state index contributed by atoms with van der Waals surface area (Å²) in [6.07, 6.45) is 3.04. The maximum Gasteiger partial charge on any atom is 0.258 e. The van der Waals surface area contributed by atoms with E-state index in [2.05, 4.69) is 33.1 Å². The van der Waals surface area contributed by atoms with Crippen LogP contribution < -0.4 is 20.7 Å². The summed E-state index contributed by atoms with van der Waals surface area (Å²) in [5.41, 5.74) is 2.41. The number of carbonyl (C=O) groups excluding carboxylic acids is 1. The highest BCUT2D eigenvalue weighted by atomic mass is 127. The normalized spacial score (nSPS) is 13.2. The number of benzene rings is 2. The second kappa shape index (κ2) is 12.3. The van der Waals surface area contributed by atoms with Crippen LogP contribution >= 0.6 is 24.0 Å². The van der Waals surface area contributed by atoms with Crippen LogP contribution in [0.1, 0.15) is 24.0 Å². The van der Waals surface area contributed by atoms with Gasteiger partial charge in [-0.25, -0.2) is 0 Å². The van der Waals surface area contributed by atoms with Crippen molar-refractivity contribution in [3.8, 4) is 5.75 Å². The lowest BCUT2D eigenvalue weighted by molar-refractivity contribution is -0.123. The van der Waals surface area contributed by atoms with Crippen molar-refractivity contribution in [2.75, 3.05) is 20.2 Å². The molecular weight excluding hydrogens is 479 g/mol. The van der Waals surface area contributed by atoms with E-state index >= 15 is 0 Å². The summed E-state index contributed by atoms with van der Waals surface area (Å²) < 4.78 is 5.53. The van der Waals surface area contributed by atoms with Gasteiger partial charge in [0.2, 0.25) is 0 Å². The Hall–Kier alpha value is -2.29. The van der Waals surface area contributed by atoms with Gasteiger partial charge in [-0.1, -0.05) is 42.5 Å². The largest absolute Gasteiger partial charge is 0.484 e. The van der Waals surface area contributed by atoms with Crippen molar-refractivity contribution in [2.24, 2.45) is 4.99 Å². The average Bonchev–Trinajstić information content (AvgIpc) is 3.54. The topological polar surface area (TPSA) is 74.8 Å². The number of carbonyl (C=O) groups is 1. The van der Waals surface area contributed by atoms with Crippen molar-refractivity contribution in [1.29, 1.82) is 0 Å². The molecule has 3 rings (SSSR count). The van der Waals surface area contributed by atoms with E-state index in [9.17, 15) is 4.79 Å². The average molecular weight is 508 g/mol. The van der Waals surface area contributed by atoms with Crippen molar-refractivity contribution in [2.45, 2.75) is 31.8 Å². The minimum Gasteiger partial charge on any atom is -0.484 e. The van der Waals surface area contributed by atoms with Gasteiger partial charge in [0.05, 0.1) is 0 Å². The van der Waals surface area contributed by atoms with Crippen LogP contribution in [0.25, 0.3) is 0 Å². The molecule has 1 amide bonds. The summed E-state index contributed by atoms with van der Waals surface area (Å²) in [5.74, 6) is 1.44. The molecule has 0 unspecified atom stereocenters. The van der Waals surface area contributed by atoms with Gasteiger partial charge in [-0.15, -0.1) is 24.0 Å². The highest BCUT2D eigenvalue weighted by molar-refractivity contribution is 14.0. The molecule has 0 heterocycles. The Kier molecular flexibility index (Phi) is 9.76. The molecule has 0 aliphatic heterocycles. The molecule has 1 aliphatic rings. The van der Waals surface area contributed by atoms with E-state index in [0.29, 0.717) is 11.8 Å². The second-order valence-corrected chi connectivity index (χ2v) is 6.86. The smallest absolute Gasteiger partial charge is 0.258 e. The predicted octanol–water partition coefficient (Wildman–Crippen LogP) is 2.87. The number of hydrogen-bond acceptors (Lipinski definition) is 3. The molecule has 0 bridgehead atoms. The van der Waals surface area contributed by atoms with Crippen molar-refractivity contribution in [3.05, 3.63) is 65.7 Å². The van der Waals surface area contributed by atoms with Gasteiger partial charge in [-0.2, -0.15) is 0 Å². The Balaban J connectivity index is 0.00000300. The van der Waals surface area contributed by atoms with Gasteiger partial charge in [0.1, 0.15) is 5.75 Å². The van der Waals surface area contributed by atoms with E-state index in [1.165, 1.54) is 11.1 Å². The number of guanidine groups is 1. The number of nitrogens with one attached hydrogen (secondary N) is 3. The lowest BCUT2D eigenvalue weighted by Crippen LogP contribution is -2.37. The molecule has 1 fully saturated rings. The molecule has 1 saturated carbocycles. The van der Waals surface area contributed by atoms with Gasteiger partial charge in [0, 0.05) is 26.2 Å². The molecule has 1 aliphatic carbocycles. The van der Waals surface area contributed by atoms with E-state index in [1.807, 2.05) is 42.5 Å². The van der Waals surface area contributed by atoms with Crippen LogP contribution in [0.5, 0.6) is 5.75 Å². The summed E-state index contributed by atoms with van der Waals surface area (Å²) in [4.78, 5) is 15.9. The van der Waals surface area contributed by atoms with Crippen molar-refractivity contribution < 1.29 is 9.53 Å². The fraction of sp³-hybridized carbons (Fsp3) is 0.364. The minimum absolute atomic E-state index is 0. The van der Waals surface area contributed by atoms with Crippen LogP contribution in [0, 0.1) is 0 Å². The molecule has 0 atom stereocenters. The number of ether oxygens (including phenoxy) is 1. The summed E-state index contributed by atoms with van der Waals surface area (Å²) in [6.45, 7) is 1.58. The van der Waals surface area contributed by atoms with Crippen LogP contribution in [-0.2, 0) is 17.8 Å². The highest BCUT2D eigenvalue weighted by Gasteiger charge is 2.23. The molecule has 156 valence electrons. The minimum atomic E-state index is -0.0508. The van der Waals surface area contributed by atoms with Gasteiger partial charge in [-0.05, 0) is 42.5 Å². The molecule has 3 N–H and O–H groups in total. The molecule has 2 aromatic carbocycles. The summed E-state index contributed by atoms with van der Waals surface area (Å²) in [5, 5.41) is 9.54. The Morgan fingerprint density at radius 1 is 1.03 bits per heavy atom. The molecule has 6 nitrogen and oxygen atoms in total. The number of halogens is 1. The Bertz CT molecular complexity index is 777. The first-order chi connectivity index (χ1) is 13.7. The quantitative estimate of drug-likeness (QED) is 0.277. The number of nitrogens with zero attached hydrogens (tertiary/aromatic N) is 1. The van der Waals surface area contributed by atoms with E-state index in [4.69, 9.17) is 4.74 Å². The first kappa shape index (κ1) is 23.0. The zero-order valence-electron chi connectivity index (χ0n) is 16.7. The van der Waals surface area contributed by atoms with E-state index in [-0.39, 0.29) is 36.5 Å². The van der Waals surface area contributed by atoms with Gasteiger partial charge in [-0.3, -0.25) is 9.79 Å².